The van der Waals surface area contributed by atoms with Gasteiger partial charge in [0.25, 0.3) is 0 Å². The van der Waals surface area contributed by atoms with E-state index in [1.807, 2.05) is 6.07 Å². The molecular weight excluding hydrogens is 284 g/mol. The Morgan fingerprint density at radius 2 is 2.05 bits per heavy atom. The number of hydrogen-bond acceptors (Lipinski definition) is 5. The maximum Gasteiger partial charge on any atom is 0.407 e. The van der Waals surface area contributed by atoms with Crippen LogP contribution >= 0.6 is 0 Å². The SMILES string of the molecule is Cc1c(C#N)cccc1C(O)C(O)CNC(=O)OC(C)(C)C. The molecule has 0 spiro atoms. The van der Waals surface area contributed by atoms with Gasteiger partial charge in [0.15, 0.2) is 0 Å². The highest BCUT2D eigenvalue weighted by atomic mass is 16.6. The highest BCUT2D eigenvalue weighted by Crippen LogP contribution is 2.23. The largest absolute Gasteiger partial charge is 0.444 e. The summed E-state index contributed by atoms with van der Waals surface area (Å²) in [6, 6.07) is 6.93. The maximum atomic E-state index is 11.5. The summed E-state index contributed by atoms with van der Waals surface area (Å²) in [4.78, 5) is 11.5. The number of nitrogens with zero attached hydrogens (tertiary/aromatic N) is 1. The number of hydrogen-bond donors (Lipinski definition) is 3. The maximum absolute atomic E-state index is 11.5. The Morgan fingerprint density at radius 1 is 1.41 bits per heavy atom. The molecule has 3 N–H and O–H groups in total. The van der Waals surface area contributed by atoms with Gasteiger partial charge in [0.2, 0.25) is 0 Å². The van der Waals surface area contributed by atoms with Crippen LogP contribution in [0.5, 0.6) is 0 Å². The van der Waals surface area contributed by atoms with Gasteiger partial charge in [-0.25, -0.2) is 4.79 Å². The van der Waals surface area contributed by atoms with Crippen molar-refractivity contribution < 1.29 is 19.7 Å². The molecule has 6 heteroatoms. The number of rotatable bonds is 4. The molecule has 0 aliphatic carbocycles. The number of alkyl carbamates (subject to hydrolysis) is 1. The van der Waals surface area contributed by atoms with Gasteiger partial charge in [-0.1, -0.05) is 12.1 Å². The zero-order chi connectivity index (χ0) is 16.9. The number of aliphatic hydroxyl groups is 2. The standard InChI is InChI=1S/C16H22N2O4/c1-10-11(8-17)6-5-7-12(10)14(20)13(19)9-18-15(21)22-16(2,3)4/h5-7,13-14,19-20H,9H2,1-4H3,(H,18,21). The molecule has 0 aliphatic rings. The van der Waals surface area contributed by atoms with Gasteiger partial charge in [0, 0.05) is 6.54 Å². The summed E-state index contributed by atoms with van der Waals surface area (Å²) in [5.41, 5.74) is 0.862. The first kappa shape index (κ1) is 18.0. The van der Waals surface area contributed by atoms with E-state index in [0.717, 1.165) is 0 Å². The third kappa shape index (κ3) is 5.02. The zero-order valence-electron chi connectivity index (χ0n) is 13.3. The molecule has 0 fully saturated rings. The molecule has 1 aromatic rings. The van der Waals surface area contributed by atoms with Gasteiger partial charge in [-0.2, -0.15) is 5.26 Å². The molecule has 0 heterocycles. The van der Waals surface area contributed by atoms with Crippen LogP contribution in [0.3, 0.4) is 0 Å². The van der Waals surface area contributed by atoms with Crippen molar-refractivity contribution in [2.45, 2.75) is 45.5 Å². The quantitative estimate of drug-likeness (QED) is 0.787. The first-order chi connectivity index (χ1) is 10.2. The van der Waals surface area contributed by atoms with Crippen molar-refractivity contribution in [2.75, 3.05) is 6.54 Å². The number of nitrogens with one attached hydrogen (secondary N) is 1. The summed E-state index contributed by atoms with van der Waals surface area (Å²) in [6.07, 6.45) is -3.08. The average Bonchev–Trinajstić information content (AvgIpc) is 2.42. The summed E-state index contributed by atoms with van der Waals surface area (Å²) >= 11 is 0. The second-order valence-corrected chi connectivity index (χ2v) is 6.03. The van der Waals surface area contributed by atoms with E-state index in [-0.39, 0.29) is 6.54 Å². The van der Waals surface area contributed by atoms with E-state index in [1.165, 1.54) is 0 Å². The molecular formula is C16H22N2O4. The summed E-state index contributed by atoms with van der Waals surface area (Å²) in [7, 11) is 0. The van der Waals surface area contributed by atoms with Gasteiger partial charge in [0.05, 0.1) is 11.6 Å². The van der Waals surface area contributed by atoms with Crippen LogP contribution in [0.25, 0.3) is 0 Å². The zero-order valence-corrected chi connectivity index (χ0v) is 13.3. The van der Waals surface area contributed by atoms with E-state index in [9.17, 15) is 15.0 Å². The minimum atomic E-state index is -1.21. The first-order valence-corrected chi connectivity index (χ1v) is 6.98. The summed E-state index contributed by atoms with van der Waals surface area (Å²) < 4.78 is 5.05. The number of carbonyl (C=O) groups excluding carboxylic acids is 1. The Labute approximate surface area is 130 Å². The smallest absolute Gasteiger partial charge is 0.407 e. The molecule has 2 unspecified atom stereocenters. The Morgan fingerprint density at radius 3 is 2.59 bits per heavy atom. The van der Waals surface area contributed by atoms with E-state index in [4.69, 9.17) is 10.00 Å². The van der Waals surface area contributed by atoms with Crippen molar-refractivity contribution in [3.05, 3.63) is 34.9 Å². The van der Waals surface area contributed by atoms with Gasteiger partial charge in [0.1, 0.15) is 17.8 Å². The van der Waals surface area contributed by atoms with Gasteiger partial charge in [-0.3, -0.25) is 0 Å². The lowest BCUT2D eigenvalue weighted by Gasteiger charge is -2.23. The Hall–Kier alpha value is -2.10. The van der Waals surface area contributed by atoms with Crippen molar-refractivity contribution in [3.63, 3.8) is 0 Å². The van der Waals surface area contributed by atoms with E-state index >= 15 is 0 Å². The normalized spacial score (nSPS) is 13.9. The van der Waals surface area contributed by atoms with E-state index in [2.05, 4.69) is 5.32 Å². The third-order valence-electron chi connectivity index (χ3n) is 3.03. The van der Waals surface area contributed by atoms with Crippen molar-refractivity contribution in [1.29, 1.82) is 5.26 Å². The second-order valence-electron chi connectivity index (χ2n) is 6.03. The van der Waals surface area contributed by atoms with Crippen LogP contribution in [0.15, 0.2) is 18.2 Å². The molecule has 0 aliphatic heterocycles. The summed E-state index contributed by atoms with van der Waals surface area (Å²) in [5, 5.41) is 31.6. The molecule has 6 nitrogen and oxygen atoms in total. The number of aliphatic hydroxyl groups excluding tert-OH is 2. The lowest BCUT2D eigenvalue weighted by molar-refractivity contribution is 0.0126. The topological polar surface area (TPSA) is 103 Å². The van der Waals surface area contributed by atoms with Crippen LogP contribution in [0.2, 0.25) is 0 Å². The Kier molecular flexibility index (Phi) is 5.92. The monoisotopic (exact) mass is 306 g/mol. The van der Waals surface area contributed by atoms with E-state index in [1.54, 1.807) is 45.9 Å². The number of benzene rings is 1. The minimum absolute atomic E-state index is 0.160. The van der Waals surface area contributed by atoms with Gasteiger partial charge >= 0.3 is 6.09 Å². The summed E-state index contributed by atoms with van der Waals surface area (Å²) in [6.45, 7) is 6.73. The predicted octanol–water partition coefficient (Wildman–Crippen LogP) is 1.79. The van der Waals surface area contributed by atoms with Crippen molar-refractivity contribution in [2.24, 2.45) is 0 Å². The van der Waals surface area contributed by atoms with Gasteiger partial charge in [-0.15, -0.1) is 0 Å². The second kappa shape index (κ2) is 7.25. The molecule has 1 rings (SSSR count). The highest BCUT2D eigenvalue weighted by Gasteiger charge is 2.23. The van der Waals surface area contributed by atoms with Crippen LogP contribution in [-0.4, -0.2) is 34.6 Å². The minimum Gasteiger partial charge on any atom is -0.444 e. The number of amides is 1. The molecule has 1 aromatic carbocycles. The van der Waals surface area contributed by atoms with Crippen molar-refractivity contribution in [1.82, 2.24) is 5.32 Å². The average molecular weight is 306 g/mol. The lowest BCUT2D eigenvalue weighted by Crippen LogP contribution is -2.39. The Bertz CT molecular complexity index is 572. The summed E-state index contributed by atoms with van der Waals surface area (Å²) in [5.74, 6) is 0. The molecule has 0 saturated heterocycles. The number of carbonyl (C=O) groups is 1. The molecule has 0 saturated carbocycles. The van der Waals surface area contributed by atoms with E-state index < -0.39 is 23.9 Å². The number of nitriles is 1. The first-order valence-electron chi connectivity index (χ1n) is 6.98. The van der Waals surface area contributed by atoms with Crippen LogP contribution in [0, 0.1) is 18.3 Å². The van der Waals surface area contributed by atoms with Gasteiger partial charge < -0.3 is 20.3 Å². The third-order valence-corrected chi connectivity index (χ3v) is 3.03. The van der Waals surface area contributed by atoms with Gasteiger partial charge in [-0.05, 0) is 44.9 Å². The fourth-order valence-corrected chi connectivity index (χ4v) is 1.92. The van der Waals surface area contributed by atoms with E-state index in [0.29, 0.717) is 16.7 Å². The van der Waals surface area contributed by atoms with Crippen LogP contribution in [0.4, 0.5) is 4.79 Å². The molecule has 0 aromatic heterocycles. The lowest BCUT2D eigenvalue weighted by atomic mass is 9.96. The predicted molar refractivity (Wildman–Crippen MR) is 81.1 cm³/mol. The molecule has 2 atom stereocenters. The number of ether oxygens (including phenoxy) is 1. The molecule has 22 heavy (non-hydrogen) atoms. The molecule has 0 bridgehead atoms. The molecule has 1 amide bonds. The molecule has 120 valence electrons. The van der Waals surface area contributed by atoms with Crippen LogP contribution in [0.1, 0.15) is 43.6 Å². The van der Waals surface area contributed by atoms with Crippen molar-refractivity contribution in [3.8, 4) is 6.07 Å². The highest BCUT2D eigenvalue weighted by molar-refractivity contribution is 5.67. The fraction of sp³-hybridized carbons (Fsp3) is 0.500. The Balaban J connectivity index is 2.69. The van der Waals surface area contributed by atoms with Crippen molar-refractivity contribution >= 4 is 6.09 Å². The van der Waals surface area contributed by atoms with Crippen LogP contribution in [-0.2, 0) is 4.74 Å². The van der Waals surface area contributed by atoms with Crippen LogP contribution < -0.4 is 5.32 Å². The fourth-order valence-electron chi connectivity index (χ4n) is 1.92. The molecule has 0 radical (unpaired) electrons.